The van der Waals surface area contributed by atoms with Gasteiger partial charge in [-0.2, -0.15) is 0 Å². The Balaban J connectivity index is 1.40. The Labute approximate surface area is 194 Å². The van der Waals surface area contributed by atoms with E-state index in [2.05, 4.69) is 41.5 Å². The summed E-state index contributed by atoms with van der Waals surface area (Å²) in [5.74, 6) is 3.86. The molecule has 3 saturated carbocycles. The number of hydrogen-bond acceptors (Lipinski definition) is 4. The van der Waals surface area contributed by atoms with Gasteiger partial charge >= 0.3 is 0 Å². The summed E-state index contributed by atoms with van der Waals surface area (Å²) in [5, 5.41) is 31.9. The average Bonchev–Trinajstić information content (AvgIpc) is 3.32. The zero-order valence-corrected chi connectivity index (χ0v) is 21.1. The number of ether oxygens (including phenoxy) is 1. The lowest BCUT2D eigenvalue weighted by Crippen LogP contribution is -2.60. The lowest BCUT2D eigenvalue weighted by Gasteiger charge is -2.58. The van der Waals surface area contributed by atoms with Gasteiger partial charge in [0.15, 0.2) is 5.76 Å². The Hall–Kier alpha value is -0.740. The smallest absolute Gasteiger partial charge is 0.159 e. The van der Waals surface area contributed by atoms with Crippen LogP contribution in [0, 0.1) is 52.3 Å². The van der Waals surface area contributed by atoms with Crippen molar-refractivity contribution < 1.29 is 20.1 Å². The maximum absolute atomic E-state index is 11.1. The number of rotatable bonds is 5. The van der Waals surface area contributed by atoms with Gasteiger partial charge in [0.05, 0.1) is 6.10 Å². The second kappa shape index (κ2) is 7.38. The molecule has 5 aliphatic rings. The molecule has 4 fully saturated rings. The van der Waals surface area contributed by atoms with E-state index in [1.165, 1.54) is 32.1 Å². The van der Waals surface area contributed by atoms with Crippen LogP contribution in [0.2, 0.25) is 0 Å². The molecule has 32 heavy (non-hydrogen) atoms. The zero-order valence-electron chi connectivity index (χ0n) is 21.1. The van der Waals surface area contributed by atoms with Crippen molar-refractivity contribution in [3.63, 3.8) is 0 Å². The number of aliphatic hydroxyl groups is 3. The van der Waals surface area contributed by atoms with E-state index in [9.17, 15) is 15.3 Å². The molecule has 4 aliphatic carbocycles. The van der Waals surface area contributed by atoms with E-state index in [0.29, 0.717) is 17.8 Å². The quantitative estimate of drug-likeness (QED) is 0.428. The van der Waals surface area contributed by atoms with Crippen LogP contribution in [-0.2, 0) is 4.74 Å². The van der Waals surface area contributed by atoms with Gasteiger partial charge in [0, 0.05) is 11.3 Å². The number of epoxide rings is 1. The summed E-state index contributed by atoms with van der Waals surface area (Å²) in [7, 11) is 0. The first kappa shape index (κ1) is 23.0. The molecule has 4 unspecified atom stereocenters. The highest BCUT2D eigenvalue weighted by atomic mass is 16.6. The van der Waals surface area contributed by atoms with Crippen molar-refractivity contribution in [2.75, 3.05) is 0 Å². The standard InChI is InChI=1S/C28H46O4/c1-15(2)16(3)7-8-17(4)19-9-10-21-26(19,5)12-11-22-27(6)18(14-23-28(21,22)32-23)13-20(29)24(30)25(27)31/h15-23,29-31H,7-14H2,1-6H3/t16?,17-,18?,19-,20?,21-,22-,23?,26-,27+,28-/m1/s1. The third-order valence-corrected chi connectivity index (χ3v) is 11.8. The Morgan fingerprint density at radius 3 is 2.38 bits per heavy atom. The van der Waals surface area contributed by atoms with Crippen LogP contribution in [0.3, 0.4) is 0 Å². The molecule has 5 rings (SSSR count). The topological polar surface area (TPSA) is 73.2 Å². The summed E-state index contributed by atoms with van der Waals surface area (Å²) in [6.07, 6.45) is 8.19. The minimum Gasteiger partial charge on any atom is -0.508 e. The Kier molecular flexibility index (Phi) is 5.31. The van der Waals surface area contributed by atoms with Crippen LogP contribution in [0.15, 0.2) is 11.5 Å². The van der Waals surface area contributed by atoms with Crippen molar-refractivity contribution in [3.8, 4) is 0 Å². The van der Waals surface area contributed by atoms with Gasteiger partial charge in [0.2, 0.25) is 0 Å². The number of hydrogen-bond donors (Lipinski definition) is 3. The van der Waals surface area contributed by atoms with E-state index in [1.54, 1.807) is 0 Å². The van der Waals surface area contributed by atoms with Crippen LogP contribution in [0.25, 0.3) is 0 Å². The van der Waals surface area contributed by atoms with Crippen LogP contribution in [0.1, 0.15) is 92.9 Å². The van der Waals surface area contributed by atoms with Crippen molar-refractivity contribution in [2.24, 2.45) is 52.3 Å². The molecule has 0 radical (unpaired) electrons. The van der Waals surface area contributed by atoms with Crippen molar-refractivity contribution in [2.45, 2.75) is 111 Å². The third kappa shape index (κ3) is 2.87. The highest BCUT2D eigenvalue weighted by Gasteiger charge is 2.79. The molecule has 4 nitrogen and oxygen atoms in total. The van der Waals surface area contributed by atoms with Crippen molar-refractivity contribution in [1.29, 1.82) is 0 Å². The second-order valence-electron chi connectivity index (χ2n) is 13.3. The Morgan fingerprint density at radius 2 is 1.69 bits per heavy atom. The maximum Gasteiger partial charge on any atom is 0.159 e. The van der Waals surface area contributed by atoms with Gasteiger partial charge < -0.3 is 20.1 Å². The highest BCUT2D eigenvalue weighted by molar-refractivity contribution is 5.32. The third-order valence-electron chi connectivity index (χ3n) is 11.8. The Morgan fingerprint density at radius 1 is 0.969 bits per heavy atom. The molecule has 11 atom stereocenters. The molecule has 0 aromatic heterocycles. The maximum atomic E-state index is 11.1. The van der Waals surface area contributed by atoms with Crippen LogP contribution >= 0.6 is 0 Å². The molecule has 1 saturated heterocycles. The molecule has 0 aromatic rings. The van der Waals surface area contributed by atoms with Crippen molar-refractivity contribution >= 4 is 0 Å². The van der Waals surface area contributed by atoms with Gasteiger partial charge in [0.1, 0.15) is 17.5 Å². The fraction of sp³-hybridized carbons (Fsp3) is 0.929. The molecule has 3 N–H and O–H groups in total. The lowest BCUT2D eigenvalue weighted by atomic mass is 9.44. The fourth-order valence-electron chi connectivity index (χ4n) is 9.41. The van der Waals surface area contributed by atoms with E-state index in [-0.39, 0.29) is 35.1 Å². The fourth-order valence-corrected chi connectivity index (χ4v) is 9.41. The van der Waals surface area contributed by atoms with Crippen LogP contribution in [-0.4, -0.2) is 33.1 Å². The summed E-state index contributed by atoms with van der Waals surface area (Å²) in [6.45, 7) is 14.3. The molecule has 182 valence electrons. The molecule has 1 spiro atoms. The summed E-state index contributed by atoms with van der Waals surface area (Å²) in [6, 6.07) is 0. The molecule has 0 bridgehead atoms. The van der Waals surface area contributed by atoms with E-state index in [1.807, 2.05) is 0 Å². The molecular weight excluding hydrogens is 400 g/mol. The minimum atomic E-state index is -0.932. The SMILES string of the molecule is CC(C)C(C)CC[C@@H](C)[C@H]1CC[C@@H]2[C@]1(C)CC[C@H]1[C@]23OC3CC2CC(O)C(O)=C(O)[C@@]21C. The van der Waals surface area contributed by atoms with E-state index in [0.717, 1.165) is 36.5 Å². The predicted molar refractivity (Wildman–Crippen MR) is 126 cm³/mol. The van der Waals surface area contributed by atoms with Crippen LogP contribution in [0.5, 0.6) is 0 Å². The monoisotopic (exact) mass is 446 g/mol. The molecule has 1 heterocycles. The minimum absolute atomic E-state index is 0.0498. The van der Waals surface area contributed by atoms with Gasteiger partial charge in [-0.15, -0.1) is 0 Å². The van der Waals surface area contributed by atoms with Gasteiger partial charge in [-0.05, 0) is 79.4 Å². The number of allylic oxidation sites excluding steroid dienone is 1. The molecule has 1 aliphatic heterocycles. The van der Waals surface area contributed by atoms with Gasteiger partial charge in [-0.1, -0.05) is 54.4 Å². The first-order valence-corrected chi connectivity index (χ1v) is 13.5. The van der Waals surface area contributed by atoms with Crippen LogP contribution < -0.4 is 0 Å². The first-order valence-electron chi connectivity index (χ1n) is 13.5. The van der Waals surface area contributed by atoms with Crippen molar-refractivity contribution in [3.05, 3.63) is 11.5 Å². The molecule has 0 aromatic carbocycles. The van der Waals surface area contributed by atoms with Crippen LogP contribution in [0.4, 0.5) is 0 Å². The summed E-state index contributed by atoms with van der Waals surface area (Å²) < 4.78 is 6.69. The van der Waals surface area contributed by atoms with Gasteiger partial charge in [0.25, 0.3) is 0 Å². The predicted octanol–water partition coefficient (Wildman–Crippen LogP) is 6.39. The van der Waals surface area contributed by atoms with E-state index < -0.39 is 11.5 Å². The average molecular weight is 447 g/mol. The lowest BCUT2D eigenvalue weighted by molar-refractivity contribution is -0.107. The summed E-state index contributed by atoms with van der Waals surface area (Å²) in [5.41, 5.74) is -0.299. The highest BCUT2D eigenvalue weighted by Crippen LogP contribution is 2.76. The molecular formula is C28H46O4. The van der Waals surface area contributed by atoms with Gasteiger partial charge in [-0.3, -0.25) is 0 Å². The van der Waals surface area contributed by atoms with Gasteiger partial charge in [-0.25, -0.2) is 0 Å². The van der Waals surface area contributed by atoms with E-state index >= 15 is 0 Å². The molecule has 0 amide bonds. The summed E-state index contributed by atoms with van der Waals surface area (Å²) >= 11 is 0. The second-order valence-corrected chi connectivity index (χ2v) is 13.3. The number of fused-ring (bicyclic) bond motifs is 3. The summed E-state index contributed by atoms with van der Waals surface area (Å²) in [4.78, 5) is 0. The normalized spacial score (nSPS) is 51.5. The largest absolute Gasteiger partial charge is 0.508 e. The zero-order chi connectivity index (χ0) is 23.2. The van der Waals surface area contributed by atoms with E-state index in [4.69, 9.17) is 4.74 Å². The molecule has 4 heteroatoms. The number of aliphatic hydroxyl groups excluding tert-OH is 3. The first-order chi connectivity index (χ1) is 15.0. The van der Waals surface area contributed by atoms with Crippen molar-refractivity contribution in [1.82, 2.24) is 0 Å². The Bertz CT molecular complexity index is 790.